The number of carbonyl (C=O) groups is 1. The van der Waals surface area contributed by atoms with Gasteiger partial charge in [-0.15, -0.1) is 0 Å². The number of hydrogen-bond donors (Lipinski definition) is 0. The summed E-state index contributed by atoms with van der Waals surface area (Å²) in [6, 6.07) is 0. The molecule has 0 aromatic heterocycles. The summed E-state index contributed by atoms with van der Waals surface area (Å²) in [6.45, 7) is 9.13. The summed E-state index contributed by atoms with van der Waals surface area (Å²) in [5, 5.41) is 0. The molecule has 3 fully saturated rings. The second kappa shape index (κ2) is 4.90. The van der Waals surface area contributed by atoms with Crippen LogP contribution in [0, 0.1) is 28.6 Å². The smallest absolute Gasteiger partial charge is 0.306 e. The van der Waals surface area contributed by atoms with Crippen LogP contribution in [0.2, 0.25) is 0 Å². The van der Waals surface area contributed by atoms with Gasteiger partial charge in [0, 0.05) is 11.8 Å². The van der Waals surface area contributed by atoms with Crippen LogP contribution >= 0.6 is 0 Å². The Bertz CT molecular complexity index is 716. The minimum atomic E-state index is -0.161. The summed E-state index contributed by atoms with van der Waals surface area (Å²) in [5.41, 5.74) is 3.11. The van der Waals surface area contributed by atoms with E-state index in [1.165, 1.54) is 36.8 Å². The fourth-order valence-corrected chi connectivity index (χ4v) is 7.38. The van der Waals surface area contributed by atoms with Crippen LogP contribution < -0.4 is 0 Å². The van der Waals surface area contributed by atoms with E-state index < -0.39 is 0 Å². The van der Waals surface area contributed by atoms with Gasteiger partial charge in [0.05, 0.1) is 0 Å². The lowest BCUT2D eigenvalue weighted by molar-refractivity contribution is -0.165. The van der Waals surface area contributed by atoms with E-state index in [2.05, 4.69) is 38.7 Å². The van der Waals surface area contributed by atoms with Crippen LogP contribution in [-0.2, 0) is 9.53 Å². The molecule has 2 heteroatoms. The van der Waals surface area contributed by atoms with Gasteiger partial charge in [-0.2, -0.15) is 0 Å². The van der Waals surface area contributed by atoms with Gasteiger partial charge >= 0.3 is 5.97 Å². The van der Waals surface area contributed by atoms with Gasteiger partial charge in [-0.25, -0.2) is 0 Å². The molecule has 0 bridgehead atoms. The van der Waals surface area contributed by atoms with Gasteiger partial charge in [0.25, 0.3) is 0 Å². The third-order valence-electron chi connectivity index (χ3n) is 8.97. The summed E-state index contributed by atoms with van der Waals surface area (Å²) in [6.07, 6.45) is 16.0. The normalized spacial score (nSPS) is 51.0. The molecule has 1 aliphatic heterocycles. The highest BCUT2D eigenvalue weighted by Gasteiger charge is 2.66. The molecule has 5 aliphatic rings. The Morgan fingerprint density at radius 2 is 1.88 bits per heavy atom. The van der Waals surface area contributed by atoms with Gasteiger partial charge in [-0.1, -0.05) is 44.2 Å². The molecule has 1 heterocycles. The Morgan fingerprint density at radius 1 is 1.08 bits per heavy atom. The summed E-state index contributed by atoms with van der Waals surface area (Å²) >= 11 is 0. The predicted octanol–water partition coefficient (Wildman–Crippen LogP) is 5.36. The number of esters is 1. The van der Waals surface area contributed by atoms with Crippen molar-refractivity contribution >= 4 is 5.97 Å². The molecule has 25 heavy (non-hydrogen) atoms. The number of rotatable bonds is 0. The van der Waals surface area contributed by atoms with Crippen molar-refractivity contribution in [3.05, 3.63) is 36.0 Å². The first-order valence-electron chi connectivity index (χ1n) is 10.2. The Morgan fingerprint density at radius 3 is 2.64 bits per heavy atom. The second-order valence-corrected chi connectivity index (χ2v) is 9.79. The lowest BCUT2D eigenvalue weighted by Gasteiger charge is -2.57. The number of ether oxygens (including phenoxy) is 1. The monoisotopic (exact) mass is 338 g/mol. The molecule has 134 valence electrons. The van der Waals surface area contributed by atoms with Crippen LogP contribution in [-0.4, -0.2) is 11.6 Å². The topological polar surface area (TPSA) is 26.3 Å². The van der Waals surface area contributed by atoms with Gasteiger partial charge < -0.3 is 4.74 Å². The highest BCUT2D eigenvalue weighted by atomic mass is 16.6. The lowest BCUT2D eigenvalue weighted by atomic mass is 9.48. The second-order valence-electron chi connectivity index (χ2n) is 9.79. The van der Waals surface area contributed by atoms with Crippen LogP contribution in [0.25, 0.3) is 0 Å². The molecule has 2 saturated carbocycles. The largest absolute Gasteiger partial charge is 0.458 e. The number of allylic oxidation sites excluding steroid dienone is 5. The molecule has 0 radical (unpaired) electrons. The average Bonchev–Trinajstić information content (AvgIpc) is 3.10. The van der Waals surface area contributed by atoms with E-state index in [1.54, 1.807) is 0 Å². The number of carbonyl (C=O) groups excluding carboxylic acids is 1. The van der Waals surface area contributed by atoms with Crippen molar-refractivity contribution < 1.29 is 9.53 Å². The minimum absolute atomic E-state index is 0.0335. The van der Waals surface area contributed by atoms with E-state index in [9.17, 15) is 4.79 Å². The first-order chi connectivity index (χ1) is 11.9. The lowest BCUT2D eigenvalue weighted by Crippen LogP contribution is -2.53. The van der Waals surface area contributed by atoms with E-state index in [4.69, 9.17) is 4.74 Å². The van der Waals surface area contributed by atoms with Crippen LogP contribution in [0.1, 0.15) is 65.2 Å². The van der Waals surface area contributed by atoms with E-state index in [-0.39, 0.29) is 17.0 Å². The third kappa shape index (κ3) is 1.89. The fourth-order valence-electron chi connectivity index (χ4n) is 7.38. The van der Waals surface area contributed by atoms with Crippen molar-refractivity contribution in [1.29, 1.82) is 0 Å². The van der Waals surface area contributed by atoms with E-state index in [1.807, 2.05) is 0 Å². The van der Waals surface area contributed by atoms with Crippen molar-refractivity contribution in [2.45, 2.75) is 70.8 Å². The SMILES string of the molecule is C=C1C=C2C=CC3C(CC[C@@]4(C)C3CC[C@@]43CCC(=O)O3)[C@@]2(C)CC1. The average molecular weight is 338 g/mol. The summed E-state index contributed by atoms with van der Waals surface area (Å²) in [4.78, 5) is 11.9. The van der Waals surface area contributed by atoms with Crippen molar-refractivity contribution in [2.75, 3.05) is 0 Å². The van der Waals surface area contributed by atoms with Crippen LogP contribution in [0.4, 0.5) is 0 Å². The standard InChI is InChI=1S/C23H30O2/c1-15-6-10-21(2)16(14-15)4-5-17-18(21)7-11-22(3)19(17)8-12-23(22)13-9-20(24)25-23/h4-5,14,17-19H,1,6-13H2,2-3H3/t17?,18?,19?,21-,22-,23+/m0/s1. The molecule has 6 atom stereocenters. The summed E-state index contributed by atoms with van der Waals surface area (Å²) < 4.78 is 6.02. The van der Waals surface area contributed by atoms with Crippen LogP contribution in [0.5, 0.6) is 0 Å². The van der Waals surface area contributed by atoms with Crippen molar-refractivity contribution in [1.82, 2.24) is 0 Å². The van der Waals surface area contributed by atoms with Crippen LogP contribution in [0.3, 0.4) is 0 Å². The molecule has 1 saturated heterocycles. The molecule has 5 rings (SSSR count). The maximum Gasteiger partial charge on any atom is 0.306 e. The quantitative estimate of drug-likeness (QED) is 0.556. The summed E-state index contributed by atoms with van der Waals surface area (Å²) in [7, 11) is 0. The maximum absolute atomic E-state index is 11.9. The Hall–Kier alpha value is -1.31. The Kier molecular flexibility index (Phi) is 3.12. The highest BCUT2D eigenvalue weighted by Crippen LogP contribution is 2.68. The first kappa shape index (κ1) is 15.9. The van der Waals surface area contributed by atoms with Gasteiger partial charge in [-0.05, 0) is 73.7 Å². The highest BCUT2D eigenvalue weighted by molar-refractivity contribution is 5.72. The molecule has 3 unspecified atom stereocenters. The molecule has 0 amide bonds. The Balaban J connectivity index is 1.53. The molecule has 0 aromatic rings. The van der Waals surface area contributed by atoms with E-state index >= 15 is 0 Å². The first-order valence-corrected chi connectivity index (χ1v) is 10.2. The zero-order chi connectivity index (χ0) is 17.4. The number of hydrogen-bond acceptors (Lipinski definition) is 2. The predicted molar refractivity (Wildman–Crippen MR) is 98.8 cm³/mol. The van der Waals surface area contributed by atoms with E-state index in [0.29, 0.717) is 23.7 Å². The van der Waals surface area contributed by atoms with Crippen molar-refractivity contribution in [3.63, 3.8) is 0 Å². The zero-order valence-electron chi connectivity index (χ0n) is 15.6. The maximum atomic E-state index is 11.9. The molecular formula is C23H30O2. The number of fused-ring (bicyclic) bond motifs is 6. The van der Waals surface area contributed by atoms with Crippen LogP contribution in [0.15, 0.2) is 36.0 Å². The molecule has 4 aliphatic carbocycles. The van der Waals surface area contributed by atoms with E-state index in [0.717, 1.165) is 25.2 Å². The van der Waals surface area contributed by atoms with Gasteiger partial charge in [0.1, 0.15) is 5.60 Å². The molecule has 0 aromatic carbocycles. The van der Waals surface area contributed by atoms with Gasteiger partial charge in [-0.3, -0.25) is 4.79 Å². The van der Waals surface area contributed by atoms with Gasteiger partial charge in [0.15, 0.2) is 0 Å². The van der Waals surface area contributed by atoms with Crippen molar-refractivity contribution in [3.8, 4) is 0 Å². The molecule has 1 spiro atoms. The molecular weight excluding hydrogens is 308 g/mol. The molecule has 0 N–H and O–H groups in total. The Labute approximate surface area is 151 Å². The third-order valence-corrected chi connectivity index (χ3v) is 8.97. The fraction of sp³-hybridized carbons (Fsp3) is 0.696. The zero-order valence-corrected chi connectivity index (χ0v) is 15.6. The van der Waals surface area contributed by atoms with Crippen molar-refractivity contribution in [2.24, 2.45) is 28.6 Å². The van der Waals surface area contributed by atoms with Gasteiger partial charge in [0.2, 0.25) is 0 Å². The minimum Gasteiger partial charge on any atom is -0.458 e. The summed E-state index contributed by atoms with van der Waals surface area (Å²) in [5.74, 6) is 2.08. The molecule has 2 nitrogen and oxygen atoms in total.